The second kappa shape index (κ2) is 7.70. The SMILES string of the molecule is Cc1cc2[nH]c(C(=O)Nc3ccc4c(c3)OCCO4)c(CN3CCOCC3)c2s1. The van der Waals surface area contributed by atoms with Gasteiger partial charge in [0.1, 0.15) is 18.9 Å². The lowest BCUT2D eigenvalue weighted by molar-refractivity contribution is 0.0343. The van der Waals surface area contributed by atoms with Gasteiger partial charge in [0.25, 0.3) is 5.91 Å². The molecule has 2 aliphatic rings. The van der Waals surface area contributed by atoms with Gasteiger partial charge in [-0.25, -0.2) is 0 Å². The molecule has 0 unspecified atom stereocenters. The summed E-state index contributed by atoms with van der Waals surface area (Å²) in [7, 11) is 0. The van der Waals surface area contributed by atoms with Crippen LogP contribution < -0.4 is 14.8 Å². The van der Waals surface area contributed by atoms with Crippen LogP contribution >= 0.6 is 11.3 Å². The molecule has 29 heavy (non-hydrogen) atoms. The normalized spacial score (nSPS) is 16.9. The summed E-state index contributed by atoms with van der Waals surface area (Å²) < 4.78 is 17.8. The smallest absolute Gasteiger partial charge is 0.272 e. The largest absolute Gasteiger partial charge is 0.486 e. The van der Waals surface area contributed by atoms with Crippen LogP contribution in [0, 0.1) is 6.92 Å². The van der Waals surface area contributed by atoms with Crippen LogP contribution in [0.4, 0.5) is 5.69 Å². The number of fused-ring (bicyclic) bond motifs is 2. The molecule has 2 N–H and O–H groups in total. The molecule has 0 atom stereocenters. The Bertz CT molecular complexity index is 1050. The van der Waals surface area contributed by atoms with Crippen LogP contribution in [0.25, 0.3) is 10.2 Å². The van der Waals surface area contributed by atoms with Crippen molar-refractivity contribution in [1.29, 1.82) is 0 Å². The number of aromatic amines is 1. The Balaban J connectivity index is 1.43. The van der Waals surface area contributed by atoms with Gasteiger partial charge in [-0.3, -0.25) is 9.69 Å². The molecule has 1 amide bonds. The average Bonchev–Trinajstić information content (AvgIpc) is 3.26. The Morgan fingerprint density at radius 3 is 2.76 bits per heavy atom. The van der Waals surface area contributed by atoms with Gasteiger partial charge in [-0.05, 0) is 25.1 Å². The molecule has 0 saturated carbocycles. The lowest BCUT2D eigenvalue weighted by Crippen LogP contribution is -2.36. The predicted octanol–water partition coefficient (Wildman–Crippen LogP) is 3.39. The first-order chi connectivity index (χ1) is 14.2. The van der Waals surface area contributed by atoms with Crippen LogP contribution in [0.2, 0.25) is 0 Å². The van der Waals surface area contributed by atoms with E-state index in [-0.39, 0.29) is 5.91 Å². The summed E-state index contributed by atoms with van der Waals surface area (Å²) in [6.45, 7) is 7.09. The van der Waals surface area contributed by atoms with Gasteiger partial charge in [0.05, 0.1) is 23.4 Å². The van der Waals surface area contributed by atoms with E-state index < -0.39 is 0 Å². The first-order valence-electron chi connectivity index (χ1n) is 9.79. The zero-order chi connectivity index (χ0) is 19.8. The number of aryl methyl sites for hydroxylation is 1. The number of nitrogens with one attached hydrogen (secondary N) is 2. The standard InChI is InChI=1S/C21H23N3O4S/c1-13-10-16-20(29-13)15(12-24-4-6-26-7-5-24)19(23-16)21(25)22-14-2-3-17-18(11-14)28-9-8-27-17/h2-3,10-11,23H,4-9,12H2,1H3,(H,22,25). The molecule has 1 aromatic carbocycles. The fourth-order valence-corrected chi connectivity index (χ4v) is 4.81. The minimum Gasteiger partial charge on any atom is -0.486 e. The monoisotopic (exact) mass is 413 g/mol. The van der Waals surface area contributed by atoms with Gasteiger partial charge in [0.2, 0.25) is 0 Å². The number of anilines is 1. The predicted molar refractivity (Wildman–Crippen MR) is 112 cm³/mol. The molecule has 3 aromatic rings. The molecule has 5 rings (SSSR count). The fourth-order valence-electron chi connectivity index (χ4n) is 3.80. The number of carbonyl (C=O) groups is 1. The van der Waals surface area contributed by atoms with Crippen LogP contribution in [0.3, 0.4) is 0 Å². The van der Waals surface area contributed by atoms with Crippen molar-refractivity contribution in [3.63, 3.8) is 0 Å². The topological polar surface area (TPSA) is 75.8 Å². The van der Waals surface area contributed by atoms with Crippen molar-refractivity contribution in [2.24, 2.45) is 0 Å². The molecule has 0 spiro atoms. The maximum absolute atomic E-state index is 13.1. The minimum atomic E-state index is -0.147. The molecular weight excluding hydrogens is 390 g/mol. The summed E-state index contributed by atoms with van der Waals surface area (Å²) >= 11 is 1.72. The quantitative estimate of drug-likeness (QED) is 0.686. The molecule has 0 radical (unpaired) electrons. The summed E-state index contributed by atoms with van der Waals surface area (Å²) in [6, 6.07) is 7.57. The van der Waals surface area contributed by atoms with Gasteiger partial charge in [-0.15, -0.1) is 11.3 Å². The molecule has 4 heterocycles. The second-order valence-electron chi connectivity index (χ2n) is 7.28. The van der Waals surface area contributed by atoms with Gasteiger partial charge >= 0.3 is 0 Å². The zero-order valence-electron chi connectivity index (χ0n) is 16.2. The number of rotatable bonds is 4. The number of morpholine rings is 1. The van der Waals surface area contributed by atoms with Crippen molar-refractivity contribution in [3.8, 4) is 11.5 Å². The lowest BCUT2D eigenvalue weighted by Gasteiger charge is -2.26. The van der Waals surface area contributed by atoms with Crippen molar-refractivity contribution < 1.29 is 19.0 Å². The third kappa shape index (κ3) is 3.71. The molecule has 7 nitrogen and oxygen atoms in total. The van der Waals surface area contributed by atoms with E-state index >= 15 is 0 Å². The molecule has 8 heteroatoms. The van der Waals surface area contributed by atoms with Crippen molar-refractivity contribution >= 4 is 33.1 Å². The minimum absolute atomic E-state index is 0.147. The van der Waals surface area contributed by atoms with Gasteiger partial charge in [0.15, 0.2) is 11.5 Å². The van der Waals surface area contributed by atoms with E-state index in [1.807, 2.05) is 18.2 Å². The first-order valence-corrected chi connectivity index (χ1v) is 10.6. The highest BCUT2D eigenvalue weighted by atomic mass is 32.1. The Labute approximate surface area is 172 Å². The maximum atomic E-state index is 13.1. The van der Waals surface area contributed by atoms with Crippen LogP contribution in [-0.4, -0.2) is 55.3 Å². The number of carbonyl (C=O) groups excluding carboxylic acids is 1. The Morgan fingerprint density at radius 1 is 1.14 bits per heavy atom. The van der Waals surface area contributed by atoms with Gasteiger partial charge in [-0.1, -0.05) is 0 Å². The summed E-state index contributed by atoms with van der Waals surface area (Å²) in [4.78, 5) is 20.1. The number of aromatic nitrogens is 1. The number of benzene rings is 1. The van der Waals surface area contributed by atoms with Gasteiger partial charge in [-0.2, -0.15) is 0 Å². The van der Waals surface area contributed by atoms with E-state index in [4.69, 9.17) is 14.2 Å². The van der Waals surface area contributed by atoms with E-state index in [2.05, 4.69) is 28.2 Å². The Kier molecular flexibility index (Phi) is 4.91. The zero-order valence-corrected chi connectivity index (χ0v) is 17.1. The number of thiophene rings is 1. The molecular formula is C21H23N3O4S. The second-order valence-corrected chi connectivity index (χ2v) is 8.54. The Hall–Kier alpha value is -2.55. The number of hydrogen-bond donors (Lipinski definition) is 2. The summed E-state index contributed by atoms with van der Waals surface area (Å²) in [5, 5.41) is 3.01. The molecule has 1 fully saturated rings. The molecule has 152 valence electrons. The third-order valence-corrected chi connectivity index (χ3v) is 6.31. The molecule has 2 aromatic heterocycles. The summed E-state index contributed by atoms with van der Waals surface area (Å²) in [5.74, 6) is 1.22. The van der Waals surface area contributed by atoms with Crippen molar-refractivity contribution in [3.05, 3.63) is 40.4 Å². The molecule has 0 aliphatic carbocycles. The maximum Gasteiger partial charge on any atom is 0.272 e. The summed E-state index contributed by atoms with van der Waals surface area (Å²) in [5.41, 5.74) is 3.37. The highest BCUT2D eigenvalue weighted by molar-refractivity contribution is 7.19. The van der Waals surface area contributed by atoms with E-state index in [9.17, 15) is 4.79 Å². The van der Waals surface area contributed by atoms with Crippen molar-refractivity contribution in [2.45, 2.75) is 13.5 Å². The van der Waals surface area contributed by atoms with Crippen LogP contribution in [-0.2, 0) is 11.3 Å². The number of ether oxygens (including phenoxy) is 3. The van der Waals surface area contributed by atoms with E-state index in [0.29, 0.717) is 36.1 Å². The third-order valence-electron chi connectivity index (χ3n) is 5.20. The highest BCUT2D eigenvalue weighted by Crippen LogP contribution is 2.34. The number of nitrogens with zero attached hydrogens (tertiary/aromatic N) is 1. The van der Waals surface area contributed by atoms with Crippen molar-refractivity contribution in [2.75, 3.05) is 44.8 Å². The number of hydrogen-bond acceptors (Lipinski definition) is 6. The number of H-pyrrole nitrogens is 1. The van der Waals surface area contributed by atoms with Gasteiger partial charge < -0.3 is 24.5 Å². The van der Waals surface area contributed by atoms with Crippen LogP contribution in [0.1, 0.15) is 20.9 Å². The first kappa shape index (κ1) is 18.5. The van der Waals surface area contributed by atoms with E-state index in [0.717, 1.165) is 48.6 Å². The highest BCUT2D eigenvalue weighted by Gasteiger charge is 2.23. The van der Waals surface area contributed by atoms with Crippen LogP contribution in [0.15, 0.2) is 24.3 Å². The molecule has 2 aliphatic heterocycles. The van der Waals surface area contributed by atoms with E-state index in [1.165, 1.54) is 4.88 Å². The Morgan fingerprint density at radius 2 is 1.93 bits per heavy atom. The fraction of sp³-hybridized carbons (Fsp3) is 0.381. The van der Waals surface area contributed by atoms with Crippen molar-refractivity contribution in [1.82, 2.24) is 9.88 Å². The van der Waals surface area contributed by atoms with Gasteiger partial charge in [0, 0.05) is 41.8 Å². The van der Waals surface area contributed by atoms with Crippen LogP contribution in [0.5, 0.6) is 11.5 Å². The number of amides is 1. The average molecular weight is 413 g/mol. The molecule has 0 bridgehead atoms. The lowest BCUT2D eigenvalue weighted by atomic mass is 10.2. The summed E-state index contributed by atoms with van der Waals surface area (Å²) in [6.07, 6.45) is 0. The van der Waals surface area contributed by atoms with E-state index in [1.54, 1.807) is 11.3 Å². The molecule has 1 saturated heterocycles.